The number of likely N-dealkylation sites (tertiary alicyclic amines) is 2. The molecule has 0 aromatic rings. The summed E-state index contributed by atoms with van der Waals surface area (Å²) in [5.74, 6) is 0. The Hall–Kier alpha value is -0.240. The second-order valence-electron chi connectivity index (χ2n) is 5.61. The highest BCUT2D eigenvalue weighted by Crippen LogP contribution is 2.13. The Morgan fingerprint density at radius 3 is 2.16 bits per heavy atom. The van der Waals surface area contributed by atoms with Gasteiger partial charge in [0.1, 0.15) is 6.23 Å². The van der Waals surface area contributed by atoms with Crippen LogP contribution in [0.1, 0.15) is 13.8 Å². The van der Waals surface area contributed by atoms with E-state index in [1.54, 1.807) is 0 Å². The van der Waals surface area contributed by atoms with Crippen LogP contribution in [0.2, 0.25) is 0 Å². The Balaban J connectivity index is 1.43. The number of rotatable bonds is 8. The van der Waals surface area contributed by atoms with Gasteiger partial charge < -0.3 is 19.7 Å². The summed E-state index contributed by atoms with van der Waals surface area (Å²) in [6.45, 7) is 8.86. The number of hydrogen-bond donors (Lipinski definition) is 2. The van der Waals surface area contributed by atoms with E-state index in [1.165, 1.54) is 0 Å². The number of ether oxygens (including phenoxy) is 2. The summed E-state index contributed by atoms with van der Waals surface area (Å²) in [5, 5.41) is 18.4. The molecule has 0 radical (unpaired) electrons. The monoisotopic (exact) mass is 274 g/mol. The summed E-state index contributed by atoms with van der Waals surface area (Å²) in [6, 6.07) is 0.353. The van der Waals surface area contributed by atoms with Gasteiger partial charge in [-0.25, -0.2) is 0 Å². The topological polar surface area (TPSA) is 65.4 Å². The van der Waals surface area contributed by atoms with Crippen molar-refractivity contribution in [1.29, 1.82) is 0 Å². The van der Waals surface area contributed by atoms with Crippen LogP contribution in [-0.4, -0.2) is 90.5 Å². The van der Waals surface area contributed by atoms with Crippen LogP contribution >= 0.6 is 0 Å². The smallest absolute Gasteiger partial charge is 0.108 e. The predicted molar refractivity (Wildman–Crippen MR) is 70.9 cm³/mol. The third kappa shape index (κ3) is 4.37. The first-order chi connectivity index (χ1) is 9.06. The van der Waals surface area contributed by atoms with Gasteiger partial charge in [-0.2, -0.15) is 0 Å². The van der Waals surface area contributed by atoms with E-state index in [2.05, 4.69) is 16.7 Å². The molecule has 0 aromatic heterocycles. The molecule has 2 unspecified atom stereocenters. The molecule has 0 aromatic carbocycles. The van der Waals surface area contributed by atoms with Crippen LogP contribution in [0.4, 0.5) is 0 Å². The van der Waals surface area contributed by atoms with E-state index in [9.17, 15) is 10.2 Å². The second-order valence-corrected chi connectivity index (χ2v) is 5.61. The molecule has 0 aliphatic carbocycles. The number of β-amino-alcohol motifs (C(OH)–C–C–N with tert-alkyl or cyclic N) is 2. The molecule has 0 amide bonds. The van der Waals surface area contributed by atoms with Crippen LogP contribution in [0.5, 0.6) is 0 Å². The lowest BCUT2D eigenvalue weighted by atomic mass is 10.1. The van der Waals surface area contributed by atoms with Crippen LogP contribution in [-0.2, 0) is 9.47 Å². The van der Waals surface area contributed by atoms with Gasteiger partial charge in [0.05, 0.1) is 32.0 Å². The molecular formula is C13H26N2O4. The fourth-order valence-electron chi connectivity index (χ4n) is 2.37. The minimum absolute atomic E-state index is 0.0509. The van der Waals surface area contributed by atoms with E-state index in [0.717, 1.165) is 13.1 Å². The fourth-order valence-corrected chi connectivity index (χ4v) is 2.37. The first kappa shape index (κ1) is 15.2. The van der Waals surface area contributed by atoms with Gasteiger partial charge in [0.25, 0.3) is 0 Å². The number of aliphatic hydroxyl groups is 2. The SMILES string of the molecule is CC(COCCOC(C)N1CC(O)C1)N1CC(O)C1. The van der Waals surface area contributed by atoms with Gasteiger partial charge in [-0.05, 0) is 13.8 Å². The van der Waals surface area contributed by atoms with E-state index in [1.807, 2.05) is 6.92 Å². The molecule has 2 fully saturated rings. The maximum atomic E-state index is 9.21. The van der Waals surface area contributed by atoms with E-state index in [-0.39, 0.29) is 18.4 Å². The molecular weight excluding hydrogens is 248 g/mol. The van der Waals surface area contributed by atoms with Crippen molar-refractivity contribution < 1.29 is 19.7 Å². The van der Waals surface area contributed by atoms with E-state index in [0.29, 0.717) is 39.0 Å². The molecule has 2 saturated heterocycles. The summed E-state index contributed by atoms with van der Waals surface area (Å²) < 4.78 is 11.2. The Morgan fingerprint density at radius 1 is 1.00 bits per heavy atom. The van der Waals surface area contributed by atoms with Crippen molar-refractivity contribution in [1.82, 2.24) is 9.80 Å². The van der Waals surface area contributed by atoms with Gasteiger partial charge >= 0.3 is 0 Å². The fraction of sp³-hybridized carbons (Fsp3) is 1.00. The molecule has 2 aliphatic heterocycles. The van der Waals surface area contributed by atoms with Crippen LogP contribution in [0.15, 0.2) is 0 Å². The molecule has 112 valence electrons. The quantitative estimate of drug-likeness (QED) is 0.560. The van der Waals surface area contributed by atoms with Crippen molar-refractivity contribution >= 4 is 0 Å². The van der Waals surface area contributed by atoms with Crippen molar-refractivity contribution in [3.63, 3.8) is 0 Å². The molecule has 2 heterocycles. The normalized spacial score (nSPS) is 25.9. The standard InChI is InChI=1S/C13H26N2O4/c1-10(14-5-12(16)6-14)9-18-3-4-19-11(2)15-7-13(17)8-15/h10-13,16-17H,3-9H2,1-2H3. The summed E-state index contributed by atoms with van der Waals surface area (Å²) in [4.78, 5) is 4.30. The number of aliphatic hydroxyl groups excluding tert-OH is 2. The Kier molecular flexibility index (Phi) is 5.56. The Labute approximate surface area is 114 Å². The minimum Gasteiger partial charge on any atom is -0.390 e. The highest BCUT2D eigenvalue weighted by atomic mass is 16.5. The zero-order valence-corrected chi connectivity index (χ0v) is 11.9. The third-order valence-electron chi connectivity index (χ3n) is 3.86. The van der Waals surface area contributed by atoms with Gasteiger partial charge in [-0.1, -0.05) is 0 Å². The lowest BCUT2D eigenvalue weighted by Crippen LogP contribution is -2.55. The maximum absolute atomic E-state index is 9.21. The molecule has 0 bridgehead atoms. The van der Waals surface area contributed by atoms with Crippen LogP contribution in [0.3, 0.4) is 0 Å². The van der Waals surface area contributed by atoms with Crippen molar-refractivity contribution in [2.45, 2.75) is 38.3 Å². The minimum atomic E-state index is -0.185. The molecule has 0 saturated carbocycles. The first-order valence-electron chi connectivity index (χ1n) is 7.10. The summed E-state index contributed by atoms with van der Waals surface area (Å²) in [5.41, 5.74) is 0. The van der Waals surface area contributed by atoms with E-state index in [4.69, 9.17) is 9.47 Å². The molecule has 2 rings (SSSR count). The molecule has 2 N–H and O–H groups in total. The summed E-state index contributed by atoms with van der Waals surface area (Å²) in [6.07, 6.45) is -0.288. The zero-order valence-electron chi connectivity index (χ0n) is 11.9. The zero-order chi connectivity index (χ0) is 13.8. The lowest BCUT2D eigenvalue weighted by molar-refractivity contribution is -0.130. The van der Waals surface area contributed by atoms with Crippen LogP contribution in [0.25, 0.3) is 0 Å². The molecule has 6 nitrogen and oxygen atoms in total. The average Bonchev–Trinajstić information content (AvgIpc) is 2.30. The van der Waals surface area contributed by atoms with Gasteiger partial charge in [0, 0.05) is 32.2 Å². The highest BCUT2D eigenvalue weighted by Gasteiger charge is 2.29. The molecule has 2 aliphatic rings. The van der Waals surface area contributed by atoms with E-state index >= 15 is 0 Å². The molecule has 0 spiro atoms. The van der Waals surface area contributed by atoms with Crippen LogP contribution < -0.4 is 0 Å². The molecule has 19 heavy (non-hydrogen) atoms. The van der Waals surface area contributed by atoms with Crippen molar-refractivity contribution in [2.75, 3.05) is 46.0 Å². The number of nitrogens with zero attached hydrogens (tertiary/aromatic N) is 2. The van der Waals surface area contributed by atoms with Gasteiger partial charge in [-0.15, -0.1) is 0 Å². The second kappa shape index (κ2) is 6.97. The van der Waals surface area contributed by atoms with Gasteiger partial charge in [0.2, 0.25) is 0 Å². The molecule has 2 atom stereocenters. The van der Waals surface area contributed by atoms with Gasteiger partial charge in [-0.3, -0.25) is 9.80 Å². The Bertz CT molecular complexity index is 241. The maximum Gasteiger partial charge on any atom is 0.108 e. The van der Waals surface area contributed by atoms with Gasteiger partial charge in [0.15, 0.2) is 0 Å². The van der Waals surface area contributed by atoms with E-state index < -0.39 is 0 Å². The molecule has 6 heteroatoms. The largest absolute Gasteiger partial charge is 0.390 e. The van der Waals surface area contributed by atoms with Crippen molar-refractivity contribution in [3.8, 4) is 0 Å². The average molecular weight is 274 g/mol. The van der Waals surface area contributed by atoms with Crippen molar-refractivity contribution in [2.24, 2.45) is 0 Å². The Morgan fingerprint density at radius 2 is 1.58 bits per heavy atom. The highest BCUT2D eigenvalue weighted by molar-refractivity contribution is 4.82. The van der Waals surface area contributed by atoms with Crippen LogP contribution in [0, 0.1) is 0 Å². The number of hydrogen-bond acceptors (Lipinski definition) is 6. The predicted octanol–water partition coefficient (Wildman–Crippen LogP) is -0.893. The first-order valence-corrected chi connectivity index (χ1v) is 7.10. The lowest BCUT2D eigenvalue weighted by Gasteiger charge is -2.40. The summed E-state index contributed by atoms with van der Waals surface area (Å²) >= 11 is 0. The van der Waals surface area contributed by atoms with Crippen molar-refractivity contribution in [3.05, 3.63) is 0 Å². The third-order valence-corrected chi connectivity index (χ3v) is 3.86. The summed E-state index contributed by atoms with van der Waals surface area (Å²) in [7, 11) is 0.